The molecule has 100 valence electrons. The predicted octanol–water partition coefficient (Wildman–Crippen LogP) is 0.694. The summed E-state index contributed by atoms with van der Waals surface area (Å²) >= 11 is 0. The molecule has 0 radical (unpaired) electrons. The summed E-state index contributed by atoms with van der Waals surface area (Å²) in [5, 5.41) is 10.1. The van der Waals surface area contributed by atoms with Gasteiger partial charge >= 0.3 is 0 Å². The molecule has 3 atom stereocenters. The molecule has 0 aromatic heterocycles. The maximum Gasteiger partial charge on any atom is 0.195 e. The van der Waals surface area contributed by atoms with E-state index in [1.54, 1.807) is 14.2 Å². The first kappa shape index (κ1) is 13.2. The zero-order valence-electron chi connectivity index (χ0n) is 10.6. The molecule has 0 aromatic carbocycles. The van der Waals surface area contributed by atoms with E-state index in [4.69, 9.17) is 18.9 Å². The Morgan fingerprint density at radius 2 is 1.71 bits per heavy atom. The monoisotopic (exact) mass is 246 g/mol. The minimum atomic E-state index is -0.829. The van der Waals surface area contributed by atoms with Gasteiger partial charge in [-0.25, -0.2) is 0 Å². The first-order valence-corrected chi connectivity index (χ1v) is 6.23. The number of hydrogen-bond acceptors (Lipinski definition) is 5. The molecule has 2 rings (SSSR count). The van der Waals surface area contributed by atoms with Crippen molar-refractivity contribution in [1.82, 2.24) is 0 Å². The highest BCUT2D eigenvalue weighted by atomic mass is 16.8. The van der Waals surface area contributed by atoms with Crippen LogP contribution in [0.4, 0.5) is 0 Å². The first-order valence-electron chi connectivity index (χ1n) is 6.23. The van der Waals surface area contributed by atoms with Gasteiger partial charge in [-0.05, 0) is 12.8 Å². The maximum atomic E-state index is 10.1. The van der Waals surface area contributed by atoms with E-state index in [-0.39, 0.29) is 12.2 Å². The largest absolute Gasteiger partial charge is 0.388 e. The fraction of sp³-hybridized carbons (Fsp3) is 1.00. The molecule has 1 aliphatic carbocycles. The molecular weight excluding hydrogens is 224 g/mol. The normalized spacial score (nSPS) is 36.5. The summed E-state index contributed by atoms with van der Waals surface area (Å²) in [4.78, 5) is 0. The van der Waals surface area contributed by atoms with E-state index in [2.05, 4.69) is 0 Å². The van der Waals surface area contributed by atoms with Crippen molar-refractivity contribution in [2.75, 3.05) is 27.4 Å². The lowest BCUT2D eigenvalue weighted by molar-refractivity contribution is -0.251. The van der Waals surface area contributed by atoms with Gasteiger partial charge in [-0.1, -0.05) is 6.42 Å². The van der Waals surface area contributed by atoms with Crippen molar-refractivity contribution in [3.05, 3.63) is 0 Å². The highest BCUT2D eigenvalue weighted by Gasteiger charge is 2.52. The highest BCUT2D eigenvalue weighted by molar-refractivity contribution is 4.93. The van der Waals surface area contributed by atoms with Gasteiger partial charge in [-0.2, -0.15) is 0 Å². The summed E-state index contributed by atoms with van der Waals surface area (Å²) in [6, 6.07) is 0. The molecule has 0 aromatic rings. The van der Waals surface area contributed by atoms with Crippen molar-refractivity contribution >= 4 is 0 Å². The zero-order chi connectivity index (χ0) is 12.3. The van der Waals surface area contributed by atoms with Gasteiger partial charge in [0.2, 0.25) is 0 Å². The number of methoxy groups -OCH3 is 2. The first-order chi connectivity index (χ1) is 8.22. The lowest BCUT2D eigenvalue weighted by Gasteiger charge is -2.36. The standard InChI is InChI=1S/C12H22O5/c1-14-7-9-10(8-15-2)17-12(16-9)6-4-3-5-11(12)13/h9-11,13H,3-8H2,1-2H3/t9-,10-,11?/m0/s1. The van der Waals surface area contributed by atoms with Crippen LogP contribution in [0, 0.1) is 0 Å². The maximum absolute atomic E-state index is 10.1. The Morgan fingerprint density at radius 3 is 2.18 bits per heavy atom. The Kier molecular flexibility index (Phi) is 4.38. The quantitative estimate of drug-likeness (QED) is 0.791. The summed E-state index contributed by atoms with van der Waals surface area (Å²) in [5.41, 5.74) is 0. The van der Waals surface area contributed by atoms with Crippen LogP contribution in [0.5, 0.6) is 0 Å². The van der Waals surface area contributed by atoms with E-state index < -0.39 is 11.9 Å². The van der Waals surface area contributed by atoms with E-state index in [9.17, 15) is 5.11 Å². The van der Waals surface area contributed by atoms with E-state index in [0.29, 0.717) is 13.2 Å². The van der Waals surface area contributed by atoms with Crippen LogP contribution in [0.25, 0.3) is 0 Å². The molecule has 2 fully saturated rings. The van der Waals surface area contributed by atoms with Gasteiger partial charge in [0.1, 0.15) is 18.3 Å². The van der Waals surface area contributed by atoms with Crippen LogP contribution in [0.2, 0.25) is 0 Å². The average Bonchev–Trinajstić information content (AvgIpc) is 2.64. The smallest absolute Gasteiger partial charge is 0.195 e. The van der Waals surface area contributed by atoms with Crippen LogP contribution < -0.4 is 0 Å². The molecule has 1 saturated carbocycles. The van der Waals surface area contributed by atoms with Gasteiger partial charge in [0.05, 0.1) is 13.2 Å². The highest BCUT2D eigenvalue weighted by Crippen LogP contribution is 2.40. The summed E-state index contributed by atoms with van der Waals surface area (Å²) in [7, 11) is 3.27. The Labute approximate surface area is 102 Å². The van der Waals surface area contributed by atoms with Gasteiger partial charge < -0.3 is 24.1 Å². The molecule has 1 N–H and O–H groups in total. The molecule has 5 heteroatoms. The minimum Gasteiger partial charge on any atom is -0.388 e. The average molecular weight is 246 g/mol. The van der Waals surface area contributed by atoms with Crippen molar-refractivity contribution in [3.63, 3.8) is 0 Å². The second-order valence-electron chi connectivity index (χ2n) is 4.80. The zero-order valence-corrected chi connectivity index (χ0v) is 10.6. The van der Waals surface area contributed by atoms with Crippen LogP contribution in [-0.2, 0) is 18.9 Å². The molecular formula is C12H22O5. The predicted molar refractivity (Wildman–Crippen MR) is 60.7 cm³/mol. The Balaban J connectivity index is 2.05. The lowest BCUT2D eigenvalue weighted by Crippen LogP contribution is -2.46. The number of aliphatic hydroxyl groups excluding tert-OH is 1. The molecule has 17 heavy (non-hydrogen) atoms. The summed E-state index contributed by atoms with van der Waals surface area (Å²) in [6.07, 6.45) is 2.67. The molecule has 0 bridgehead atoms. The fourth-order valence-corrected chi connectivity index (χ4v) is 2.67. The SMILES string of the molecule is COC[C@@H]1OC2(CCCCC2O)O[C@H]1COC. The van der Waals surface area contributed by atoms with Gasteiger partial charge in [0.15, 0.2) is 5.79 Å². The number of aliphatic hydroxyl groups is 1. The van der Waals surface area contributed by atoms with Crippen LogP contribution >= 0.6 is 0 Å². The molecule has 1 unspecified atom stereocenters. The third kappa shape index (κ3) is 2.63. The van der Waals surface area contributed by atoms with E-state index >= 15 is 0 Å². The van der Waals surface area contributed by atoms with E-state index in [1.165, 1.54) is 0 Å². The third-order valence-corrected chi connectivity index (χ3v) is 3.54. The van der Waals surface area contributed by atoms with Gasteiger partial charge in [-0.3, -0.25) is 0 Å². The van der Waals surface area contributed by atoms with Gasteiger partial charge in [0.25, 0.3) is 0 Å². The van der Waals surface area contributed by atoms with Crippen LogP contribution in [0.15, 0.2) is 0 Å². The second-order valence-corrected chi connectivity index (χ2v) is 4.80. The number of ether oxygens (including phenoxy) is 4. The number of rotatable bonds is 4. The molecule has 5 nitrogen and oxygen atoms in total. The van der Waals surface area contributed by atoms with Crippen LogP contribution in [0.3, 0.4) is 0 Å². The molecule has 2 aliphatic rings. The topological polar surface area (TPSA) is 57.2 Å². The van der Waals surface area contributed by atoms with Crippen LogP contribution in [0.1, 0.15) is 25.7 Å². The molecule has 1 saturated heterocycles. The molecule has 1 heterocycles. The van der Waals surface area contributed by atoms with Crippen molar-refractivity contribution < 1.29 is 24.1 Å². The van der Waals surface area contributed by atoms with Crippen LogP contribution in [-0.4, -0.2) is 56.6 Å². The minimum absolute atomic E-state index is 0.160. The number of hydrogen-bond donors (Lipinski definition) is 1. The second kappa shape index (κ2) is 5.63. The summed E-state index contributed by atoms with van der Waals surface area (Å²) in [5.74, 6) is -0.829. The van der Waals surface area contributed by atoms with Crippen molar-refractivity contribution in [1.29, 1.82) is 0 Å². The Hall–Kier alpha value is -0.200. The summed E-state index contributed by atoms with van der Waals surface area (Å²) < 4.78 is 22.1. The van der Waals surface area contributed by atoms with E-state index in [0.717, 1.165) is 25.7 Å². The van der Waals surface area contributed by atoms with Crippen molar-refractivity contribution in [2.24, 2.45) is 0 Å². The summed E-state index contributed by atoms with van der Waals surface area (Å²) in [6.45, 7) is 0.922. The fourth-order valence-electron chi connectivity index (χ4n) is 2.67. The van der Waals surface area contributed by atoms with E-state index in [1.807, 2.05) is 0 Å². The van der Waals surface area contributed by atoms with Crippen molar-refractivity contribution in [3.8, 4) is 0 Å². The Morgan fingerprint density at radius 1 is 1.12 bits per heavy atom. The van der Waals surface area contributed by atoms with Crippen molar-refractivity contribution in [2.45, 2.75) is 49.8 Å². The third-order valence-electron chi connectivity index (χ3n) is 3.54. The molecule has 0 amide bonds. The van der Waals surface area contributed by atoms with Gasteiger partial charge in [-0.15, -0.1) is 0 Å². The lowest BCUT2D eigenvalue weighted by atomic mass is 9.91. The van der Waals surface area contributed by atoms with Gasteiger partial charge in [0, 0.05) is 20.6 Å². The Bertz CT molecular complexity index is 231. The molecule has 1 spiro atoms. The molecule has 1 aliphatic heterocycles.